The van der Waals surface area contributed by atoms with Crippen LogP contribution >= 0.6 is 0 Å². The first-order valence-corrected chi connectivity index (χ1v) is 8.31. The number of nitrogens with one attached hydrogen (secondary N) is 1. The van der Waals surface area contributed by atoms with Crippen molar-refractivity contribution in [1.82, 2.24) is 15.2 Å². The molecule has 26 heavy (non-hydrogen) atoms. The molecular formula is C19H21N5O2. The minimum Gasteiger partial charge on any atom is -0.476 e. The van der Waals surface area contributed by atoms with Gasteiger partial charge in [-0.05, 0) is 32.8 Å². The first-order chi connectivity index (χ1) is 12.4. The lowest BCUT2D eigenvalue weighted by Gasteiger charge is -2.29. The summed E-state index contributed by atoms with van der Waals surface area (Å²) in [6.07, 6.45) is 8.17. The number of pyridine rings is 1. The highest BCUT2D eigenvalue weighted by molar-refractivity contribution is 5.80. The Balaban J connectivity index is 1.88. The molecule has 1 aromatic heterocycles. The van der Waals surface area contributed by atoms with Crippen molar-refractivity contribution in [2.45, 2.75) is 44.3 Å². The van der Waals surface area contributed by atoms with Gasteiger partial charge in [0, 0.05) is 17.8 Å². The summed E-state index contributed by atoms with van der Waals surface area (Å²) >= 11 is 0. The topological polar surface area (TPSA) is 102 Å². The average molecular weight is 351 g/mol. The van der Waals surface area contributed by atoms with Crippen molar-refractivity contribution in [2.75, 3.05) is 13.2 Å². The van der Waals surface area contributed by atoms with Crippen molar-refractivity contribution in [3.63, 3.8) is 0 Å². The zero-order chi connectivity index (χ0) is 19.2. The molecular weight excluding hydrogens is 330 g/mol. The van der Waals surface area contributed by atoms with Crippen LogP contribution in [0.15, 0.2) is 18.3 Å². The van der Waals surface area contributed by atoms with Gasteiger partial charge in [0.25, 0.3) is 0 Å². The first kappa shape index (κ1) is 19.2. The molecule has 1 saturated heterocycles. The van der Waals surface area contributed by atoms with Crippen LogP contribution in [-0.2, 0) is 4.79 Å². The molecule has 1 aliphatic heterocycles. The normalized spacial score (nSPS) is 19.3. The van der Waals surface area contributed by atoms with E-state index in [9.17, 15) is 10.1 Å². The molecule has 134 valence electrons. The van der Waals surface area contributed by atoms with Gasteiger partial charge in [0.2, 0.25) is 11.8 Å². The molecule has 0 aromatic carbocycles. The fraction of sp³-hybridized carbons (Fsp3) is 0.474. The molecule has 1 aromatic rings. The van der Waals surface area contributed by atoms with Gasteiger partial charge in [0.1, 0.15) is 18.7 Å². The van der Waals surface area contributed by atoms with Gasteiger partial charge in [0.15, 0.2) is 0 Å². The van der Waals surface area contributed by atoms with E-state index >= 15 is 0 Å². The molecule has 0 radical (unpaired) electrons. The van der Waals surface area contributed by atoms with Crippen molar-refractivity contribution in [3.8, 4) is 30.4 Å². The van der Waals surface area contributed by atoms with Crippen LogP contribution < -0.4 is 10.1 Å². The maximum atomic E-state index is 12.5. The molecule has 7 heteroatoms. The van der Waals surface area contributed by atoms with E-state index in [-0.39, 0.29) is 25.1 Å². The Kier molecular flexibility index (Phi) is 6.17. The molecule has 0 aliphatic carbocycles. The number of terminal acetylenes is 1. The summed E-state index contributed by atoms with van der Waals surface area (Å²) < 4.78 is 5.62. The van der Waals surface area contributed by atoms with Crippen LogP contribution in [0, 0.1) is 35.0 Å². The Hall–Kier alpha value is -3.08. The van der Waals surface area contributed by atoms with Crippen LogP contribution in [-0.4, -0.2) is 46.6 Å². The van der Waals surface area contributed by atoms with Gasteiger partial charge in [-0.3, -0.25) is 4.79 Å². The van der Waals surface area contributed by atoms with Crippen molar-refractivity contribution >= 4 is 5.91 Å². The lowest BCUT2D eigenvalue weighted by Crippen LogP contribution is -2.51. The Labute approximate surface area is 153 Å². The quantitative estimate of drug-likeness (QED) is 0.773. The Morgan fingerprint density at radius 1 is 1.42 bits per heavy atom. The van der Waals surface area contributed by atoms with Gasteiger partial charge < -0.3 is 15.0 Å². The molecule has 0 saturated carbocycles. The Bertz CT molecular complexity index is 745. The average Bonchev–Trinajstić information content (AvgIpc) is 3.08. The summed E-state index contributed by atoms with van der Waals surface area (Å²) in [5.41, 5.74) is -0.0419. The molecule has 0 bridgehead atoms. The molecule has 2 rings (SSSR count). The number of carbonyl (C=O) groups is 1. The second-order valence-electron chi connectivity index (χ2n) is 6.73. The number of amides is 1. The van der Waals surface area contributed by atoms with Crippen LogP contribution in [0.3, 0.4) is 0 Å². The molecule has 1 N–H and O–H groups in total. The molecule has 1 aliphatic rings. The predicted octanol–water partition coefficient (Wildman–Crippen LogP) is 1.22. The highest BCUT2D eigenvalue weighted by Gasteiger charge is 2.36. The SMILES string of the molecule is C#C[C@H]1CC[C@@H](C#N)N1C(=O)CNC(C)(C)COc1ccc(C#N)cn1. The van der Waals surface area contributed by atoms with Gasteiger partial charge in [-0.25, -0.2) is 4.98 Å². The molecule has 0 spiro atoms. The zero-order valence-electron chi connectivity index (χ0n) is 14.9. The number of nitrogens with zero attached hydrogens (tertiary/aromatic N) is 4. The van der Waals surface area contributed by atoms with Crippen LogP contribution in [0.5, 0.6) is 5.88 Å². The summed E-state index contributed by atoms with van der Waals surface area (Å²) in [7, 11) is 0. The number of likely N-dealkylation sites (tertiary alicyclic amines) is 1. The van der Waals surface area contributed by atoms with Crippen LogP contribution in [0.1, 0.15) is 32.3 Å². The van der Waals surface area contributed by atoms with E-state index in [1.54, 1.807) is 12.1 Å². The molecule has 1 amide bonds. The van der Waals surface area contributed by atoms with Crippen molar-refractivity contribution in [2.24, 2.45) is 0 Å². The van der Waals surface area contributed by atoms with Crippen molar-refractivity contribution < 1.29 is 9.53 Å². The Morgan fingerprint density at radius 3 is 2.73 bits per heavy atom. The van der Waals surface area contributed by atoms with E-state index in [0.717, 1.165) is 0 Å². The third kappa shape index (κ3) is 4.72. The molecule has 2 heterocycles. The third-order valence-corrected chi connectivity index (χ3v) is 4.18. The highest BCUT2D eigenvalue weighted by Crippen LogP contribution is 2.23. The van der Waals surface area contributed by atoms with Crippen molar-refractivity contribution in [1.29, 1.82) is 10.5 Å². The maximum Gasteiger partial charge on any atom is 0.238 e. The van der Waals surface area contributed by atoms with Crippen LogP contribution in [0.2, 0.25) is 0 Å². The molecule has 1 fully saturated rings. The smallest absolute Gasteiger partial charge is 0.238 e. The van der Waals surface area contributed by atoms with E-state index in [4.69, 9.17) is 16.4 Å². The van der Waals surface area contributed by atoms with E-state index in [0.29, 0.717) is 24.3 Å². The van der Waals surface area contributed by atoms with E-state index in [1.165, 1.54) is 11.1 Å². The van der Waals surface area contributed by atoms with E-state index < -0.39 is 11.6 Å². The zero-order valence-corrected chi connectivity index (χ0v) is 14.9. The van der Waals surface area contributed by atoms with Crippen LogP contribution in [0.4, 0.5) is 0 Å². The van der Waals surface area contributed by atoms with Gasteiger partial charge >= 0.3 is 0 Å². The summed E-state index contributed by atoms with van der Waals surface area (Å²) in [4.78, 5) is 18.0. The lowest BCUT2D eigenvalue weighted by atomic mass is 10.1. The van der Waals surface area contributed by atoms with Gasteiger partial charge in [-0.15, -0.1) is 6.42 Å². The second kappa shape index (κ2) is 8.34. The van der Waals surface area contributed by atoms with Crippen LogP contribution in [0.25, 0.3) is 0 Å². The van der Waals surface area contributed by atoms with Crippen molar-refractivity contribution in [3.05, 3.63) is 23.9 Å². The minimum absolute atomic E-state index is 0.0630. The number of hydrogen-bond acceptors (Lipinski definition) is 6. The minimum atomic E-state index is -0.501. The summed E-state index contributed by atoms with van der Waals surface area (Å²) in [6.45, 7) is 4.13. The van der Waals surface area contributed by atoms with E-state index in [1.807, 2.05) is 19.9 Å². The first-order valence-electron chi connectivity index (χ1n) is 8.31. The summed E-state index contributed by atoms with van der Waals surface area (Å²) in [5, 5.41) is 21.1. The number of rotatable bonds is 6. The monoisotopic (exact) mass is 351 g/mol. The number of aromatic nitrogens is 1. The highest BCUT2D eigenvalue weighted by atomic mass is 16.5. The number of hydrogen-bond donors (Lipinski definition) is 1. The predicted molar refractivity (Wildman–Crippen MR) is 94.6 cm³/mol. The second-order valence-corrected chi connectivity index (χ2v) is 6.73. The molecule has 2 atom stereocenters. The molecule has 0 unspecified atom stereocenters. The number of ether oxygens (including phenoxy) is 1. The fourth-order valence-corrected chi connectivity index (χ4v) is 2.69. The molecule has 7 nitrogen and oxygen atoms in total. The van der Waals surface area contributed by atoms with Gasteiger partial charge in [0.05, 0.1) is 24.2 Å². The third-order valence-electron chi connectivity index (χ3n) is 4.18. The van der Waals surface area contributed by atoms with E-state index in [2.05, 4.69) is 22.3 Å². The number of carbonyl (C=O) groups excluding carboxylic acids is 1. The maximum absolute atomic E-state index is 12.5. The standard InChI is InChI=1S/C19H21N5O2/c1-4-15-6-7-16(10-21)24(15)18(25)12-23-19(2,3)13-26-17-8-5-14(9-20)11-22-17/h1,5,8,11,15-16,23H,6-7,12-13H2,2-3H3/t15-,16-/m0/s1. The Morgan fingerprint density at radius 2 is 2.15 bits per heavy atom. The summed E-state index contributed by atoms with van der Waals surface area (Å²) in [6, 6.07) is 6.59. The summed E-state index contributed by atoms with van der Waals surface area (Å²) in [5.74, 6) is 2.79. The lowest BCUT2D eigenvalue weighted by molar-refractivity contribution is -0.131. The largest absolute Gasteiger partial charge is 0.476 e. The van der Waals surface area contributed by atoms with Gasteiger partial charge in [-0.1, -0.05) is 5.92 Å². The number of nitriles is 2. The van der Waals surface area contributed by atoms with Gasteiger partial charge in [-0.2, -0.15) is 10.5 Å². The fourth-order valence-electron chi connectivity index (χ4n) is 2.69.